The maximum absolute atomic E-state index is 12.3. The van der Waals surface area contributed by atoms with Gasteiger partial charge in [-0.2, -0.15) is 0 Å². The molecule has 0 spiro atoms. The van der Waals surface area contributed by atoms with E-state index in [2.05, 4.69) is 29.3 Å². The zero-order valence-corrected chi connectivity index (χ0v) is 12.2. The van der Waals surface area contributed by atoms with Crippen molar-refractivity contribution in [2.75, 3.05) is 7.11 Å². The van der Waals surface area contributed by atoms with Gasteiger partial charge in [-0.1, -0.05) is 17.7 Å². The Morgan fingerprint density at radius 1 is 1.10 bits per heavy atom. The Morgan fingerprint density at radius 2 is 1.75 bits per heavy atom. The Morgan fingerprint density at radius 3 is 2.25 bits per heavy atom. The smallest absolute Gasteiger partial charge is 0.233 e. The van der Waals surface area contributed by atoms with E-state index < -0.39 is 0 Å². The molecular formula is C16H18N2O2. The number of ether oxygens (including phenoxy) is 1. The van der Waals surface area contributed by atoms with Gasteiger partial charge in [0.2, 0.25) is 5.88 Å². The molecule has 4 heteroatoms. The highest BCUT2D eigenvalue weighted by atomic mass is 16.5. The van der Waals surface area contributed by atoms with E-state index in [1.807, 2.05) is 13.8 Å². The fourth-order valence-electron chi connectivity index (χ4n) is 2.32. The molecule has 2 aromatic rings. The summed E-state index contributed by atoms with van der Waals surface area (Å²) in [6.07, 6.45) is 0.346. The van der Waals surface area contributed by atoms with E-state index in [4.69, 9.17) is 4.74 Å². The molecule has 0 saturated carbocycles. The van der Waals surface area contributed by atoms with Crippen molar-refractivity contribution in [2.45, 2.75) is 27.2 Å². The van der Waals surface area contributed by atoms with Crippen LogP contribution in [0.15, 0.2) is 24.3 Å². The van der Waals surface area contributed by atoms with Crippen LogP contribution in [0.3, 0.4) is 0 Å². The summed E-state index contributed by atoms with van der Waals surface area (Å²) in [7, 11) is 1.52. The summed E-state index contributed by atoms with van der Waals surface area (Å²) in [6, 6.07) is 7.48. The number of aryl methyl sites for hydroxylation is 3. The molecule has 0 atom stereocenters. The summed E-state index contributed by atoms with van der Waals surface area (Å²) in [5.74, 6) is 0.374. The maximum atomic E-state index is 12.3. The van der Waals surface area contributed by atoms with E-state index in [9.17, 15) is 4.79 Å². The average molecular weight is 270 g/mol. The third kappa shape index (κ3) is 3.02. The minimum absolute atomic E-state index is 0.0322. The minimum atomic E-state index is -0.0322. The van der Waals surface area contributed by atoms with Crippen molar-refractivity contribution >= 4 is 5.78 Å². The Kier molecular flexibility index (Phi) is 4.13. The van der Waals surface area contributed by atoms with Crippen molar-refractivity contribution in [1.82, 2.24) is 10.2 Å². The maximum Gasteiger partial charge on any atom is 0.233 e. The molecule has 0 bridgehead atoms. The van der Waals surface area contributed by atoms with E-state index in [-0.39, 0.29) is 5.78 Å². The average Bonchev–Trinajstić information content (AvgIpc) is 2.42. The Balaban J connectivity index is 2.23. The summed E-state index contributed by atoms with van der Waals surface area (Å²) in [5.41, 5.74) is 4.92. The molecule has 0 amide bonds. The van der Waals surface area contributed by atoms with Gasteiger partial charge in [0.05, 0.1) is 7.11 Å². The lowest BCUT2D eigenvalue weighted by molar-refractivity contribution is 0.0986. The van der Waals surface area contributed by atoms with Gasteiger partial charge in [0, 0.05) is 12.5 Å². The second-order valence-corrected chi connectivity index (χ2v) is 4.94. The van der Waals surface area contributed by atoms with Crippen LogP contribution in [-0.2, 0) is 6.42 Å². The van der Waals surface area contributed by atoms with Crippen molar-refractivity contribution in [1.29, 1.82) is 0 Å². The molecule has 0 aliphatic heterocycles. The van der Waals surface area contributed by atoms with Gasteiger partial charge in [-0.15, -0.1) is 10.2 Å². The van der Waals surface area contributed by atoms with Crippen LogP contribution in [0.4, 0.5) is 0 Å². The van der Waals surface area contributed by atoms with Crippen molar-refractivity contribution in [3.8, 4) is 5.88 Å². The van der Waals surface area contributed by atoms with Crippen molar-refractivity contribution in [2.24, 2.45) is 0 Å². The quantitative estimate of drug-likeness (QED) is 0.802. The summed E-state index contributed by atoms with van der Waals surface area (Å²) in [4.78, 5) is 12.3. The molecule has 1 aromatic carbocycles. The van der Waals surface area contributed by atoms with E-state index in [1.54, 1.807) is 12.1 Å². The normalized spacial score (nSPS) is 10.4. The van der Waals surface area contributed by atoms with Gasteiger partial charge < -0.3 is 4.74 Å². The minimum Gasteiger partial charge on any atom is -0.480 e. The number of rotatable bonds is 4. The van der Waals surface area contributed by atoms with Crippen LogP contribution in [0.25, 0.3) is 0 Å². The first-order valence-electron chi connectivity index (χ1n) is 6.49. The molecule has 0 saturated heterocycles. The molecular weight excluding hydrogens is 252 g/mol. The fourth-order valence-corrected chi connectivity index (χ4v) is 2.32. The number of carbonyl (C=O) groups excluding carboxylic acids is 1. The van der Waals surface area contributed by atoms with Gasteiger partial charge >= 0.3 is 0 Å². The zero-order chi connectivity index (χ0) is 14.7. The van der Waals surface area contributed by atoms with Crippen molar-refractivity contribution in [3.05, 3.63) is 52.2 Å². The van der Waals surface area contributed by atoms with Crippen LogP contribution in [0.2, 0.25) is 0 Å². The molecule has 0 radical (unpaired) electrons. The van der Waals surface area contributed by atoms with Gasteiger partial charge in [0.1, 0.15) is 5.69 Å². The second-order valence-electron chi connectivity index (χ2n) is 4.94. The second kappa shape index (κ2) is 5.82. The summed E-state index contributed by atoms with van der Waals surface area (Å²) in [6.45, 7) is 6.12. The van der Waals surface area contributed by atoms with Crippen LogP contribution in [0, 0.1) is 20.8 Å². The molecule has 1 aromatic heterocycles. The molecule has 0 fully saturated rings. The Labute approximate surface area is 118 Å². The first-order chi connectivity index (χ1) is 9.51. The van der Waals surface area contributed by atoms with E-state index in [0.717, 1.165) is 16.7 Å². The Hall–Kier alpha value is -2.23. The molecule has 1 heterocycles. The van der Waals surface area contributed by atoms with Gasteiger partial charge in [0.15, 0.2) is 5.78 Å². The first-order valence-corrected chi connectivity index (χ1v) is 6.49. The molecule has 20 heavy (non-hydrogen) atoms. The highest BCUT2D eigenvalue weighted by Gasteiger charge is 2.13. The number of ketones is 1. The van der Waals surface area contributed by atoms with Gasteiger partial charge in [-0.3, -0.25) is 4.79 Å². The summed E-state index contributed by atoms with van der Waals surface area (Å²) >= 11 is 0. The molecule has 0 aliphatic rings. The standard InChI is InChI=1S/C16H18N2O2/c1-10-7-11(2)13(12(3)8-10)9-15(19)14-5-6-16(20-4)18-17-14/h5-8H,9H2,1-4H3. The zero-order valence-electron chi connectivity index (χ0n) is 12.2. The van der Waals surface area contributed by atoms with Crippen LogP contribution in [0.1, 0.15) is 32.7 Å². The number of nitrogens with zero attached hydrogens (tertiary/aromatic N) is 2. The van der Waals surface area contributed by atoms with Gasteiger partial charge in [-0.05, 0) is 43.5 Å². The molecule has 104 valence electrons. The van der Waals surface area contributed by atoms with Crippen LogP contribution in [0.5, 0.6) is 5.88 Å². The summed E-state index contributed by atoms with van der Waals surface area (Å²) < 4.78 is 4.93. The number of carbonyl (C=O) groups is 1. The molecule has 0 N–H and O–H groups in total. The van der Waals surface area contributed by atoms with Crippen LogP contribution < -0.4 is 4.74 Å². The fraction of sp³-hybridized carbons (Fsp3) is 0.312. The monoisotopic (exact) mass is 270 g/mol. The van der Waals surface area contributed by atoms with Gasteiger partial charge in [-0.25, -0.2) is 0 Å². The first kappa shape index (κ1) is 14.2. The highest BCUT2D eigenvalue weighted by Crippen LogP contribution is 2.18. The van der Waals surface area contributed by atoms with Gasteiger partial charge in [0.25, 0.3) is 0 Å². The third-order valence-electron chi connectivity index (χ3n) is 3.31. The molecule has 4 nitrogen and oxygen atoms in total. The van der Waals surface area contributed by atoms with Crippen molar-refractivity contribution < 1.29 is 9.53 Å². The largest absolute Gasteiger partial charge is 0.480 e. The SMILES string of the molecule is COc1ccc(C(=O)Cc2c(C)cc(C)cc2C)nn1. The highest BCUT2D eigenvalue weighted by molar-refractivity contribution is 5.96. The van der Waals surface area contributed by atoms with Crippen LogP contribution >= 0.6 is 0 Å². The van der Waals surface area contributed by atoms with Crippen LogP contribution in [-0.4, -0.2) is 23.1 Å². The molecule has 0 aliphatic carbocycles. The molecule has 2 rings (SSSR count). The molecule has 0 unspecified atom stereocenters. The number of methoxy groups -OCH3 is 1. The number of Topliss-reactive ketones (excluding diaryl/α,β-unsaturated/α-hetero) is 1. The number of hydrogen-bond acceptors (Lipinski definition) is 4. The predicted molar refractivity (Wildman–Crippen MR) is 77.3 cm³/mol. The van der Waals surface area contributed by atoms with E-state index >= 15 is 0 Å². The Bertz CT molecular complexity index is 610. The van der Waals surface area contributed by atoms with E-state index in [1.165, 1.54) is 12.7 Å². The van der Waals surface area contributed by atoms with Crippen molar-refractivity contribution in [3.63, 3.8) is 0 Å². The topological polar surface area (TPSA) is 52.1 Å². The lowest BCUT2D eigenvalue weighted by atomic mass is 9.95. The predicted octanol–water partition coefficient (Wildman–Crippen LogP) is 2.84. The number of benzene rings is 1. The lowest BCUT2D eigenvalue weighted by Crippen LogP contribution is -2.09. The lowest BCUT2D eigenvalue weighted by Gasteiger charge is -2.10. The third-order valence-corrected chi connectivity index (χ3v) is 3.31. The summed E-state index contributed by atoms with van der Waals surface area (Å²) in [5, 5.41) is 7.72. The van der Waals surface area contributed by atoms with E-state index in [0.29, 0.717) is 18.0 Å². The number of aromatic nitrogens is 2. The number of hydrogen-bond donors (Lipinski definition) is 0.